The van der Waals surface area contributed by atoms with E-state index < -0.39 is 29.8 Å². The molecule has 0 amide bonds. The van der Waals surface area contributed by atoms with Crippen LogP contribution in [0.4, 0.5) is 17.6 Å². The topological polar surface area (TPSA) is 87.1 Å². The smallest absolute Gasteiger partial charge is 0.406 e. The average molecular weight is 557 g/mol. The Kier molecular flexibility index (Phi) is 8.50. The number of carbonyl (C=O) groups excluding carboxylic acids is 1. The number of benzene rings is 1. The Morgan fingerprint density at radius 1 is 1.16 bits per heavy atom. The predicted molar refractivity (Wildman–Crippen MR) is 128 cm³/mol. The molecule has 1 unspecified atom stereocenters. The van der Waals surface area contributed by atoms with E-state index in [2.05, 4.69) is 31.2 Å². The molecule has 37 heavy (non-hydrogen) atoms. The maximum absolute atomic E-state index is 14.3. The molecule has 4 rings (SSSR count). The maximum Gasteiger partial charge on any atom is 0.573 e. The lowest BCUT2D eigenvalue weighted by Crippen LogP contribution is -2.20. The highest BCUT2D eigenvalue weighted by molar-refractivity contribution is 7.11. The van der Waals surface area contributed by atoms with Crippen LogP contribution in [0.1, 0.15) is 46.6 Å². The first kappa shape index (κ1) is 27.1. The number of allylic oxidation sites excluding steroid dienone is 2. The van der Waals surface area contributed by atoms with Crippen molar-refractivity contribution in [1.29, 1.82) is 0 Å². The van der Waals surface area contributed by atoms with Crippen molar-refractivity contribution in [2.45, 2.75) is 44.6 Å². The first-order valence-electron chi connectivity index (χ1n) is 11.2. The summed E-state index contributed by atoms with van der Waals surface area (Å²) in [7, 11) is 1.17. The second kappa shape index (κ2) is 11.6. The molecule has 196 valence electrons. The van der Waals surface area contributed by atoms with Crippen molar-refractivity contribution >= 4 is 34.3 Å². The summed E-state index contributed by atoms with van der Waals surface area (Å²) in [5.74, 6) is -1.76. The van der Waals surface area contributed by atoms with E-state index in [4.69, 9.17) is 16.3 Å². The van der Waals surface area contributed by atoms with Gasteiger partial charge in [-0.1, -0.05) is 17.7 Å². The largest absolute Gasteiger partial charge is 0.573 e. The number of halogens is 5. The van der Waals surface area contributed by atoms with Crippen LogP contribution >= 0.6 is 22.9 Å². The van der Waals surface area contributed by atoms with E-state index in [0.717, 1.165) is 53.7 Å². The molecular weight excluding hydrogens is 536 g/mol. The number of methoxy groups -OCH3 is 1. The Balaban J connectivity index is 1.37. The van der Waals surface area contributed by atoms with Crippen LogP contribution in [-0.4, -0.2) is 39.7 Å². The van der Waals surface area contributed by atoms with E-state index >= 15 is 0 Å². The number of hydrogen-bond donors (Lipinski definition) is 0. The molecule has 2 heterocycles. The monoisotopic (exact) mass is 556 g/mol. The highest BCUT2D eigenvalue weighted by Crippen LogP contribution is 2.33. The van der Waals surface area contributed by atoms with Crippen LogP contribution < -0.4 is 4.74 Å². The van der Waals surface area contributed by atoms with Crippen LogP contribution in [0.5, 0.6) is 5.75 Å². The fraction of sp³-hybridized carbons (Fsp3) is 0.375. The molecule has 0 fully saturated rings. The Bertz CT molecular complexity index is 1280. The molecule has 0 saturated heterocycles. The Labute approximate surface area is 218 Å². The summed E-state index contributed by atoms with van der Waals surface area (Å²) < 4.78 is 60.9. The lowest BCUT2D eigenvalue weighted by atomic mass is 9.86. The Hall–Kier alpha value is -2.96. The summed E-state index contributed by atoms with van der Waals surface area (Å²) in [6.45, 7) is 0. The first-order valence-corrected chi connectivity index (χ1v) is 12.4. The van der Waals surface area contributed by atoms with Crippen LogP contribution in [0, 0.1) is 11.7 Å². The van der Waals surface area contributed by atoms with Gasteiger partial charge in [-0.3, -0.25) is 4.79 Å². The van der Waals surface area contributed by atoms with Gasteiger partial charge in [-0.2, -0.15) is 0 Å². The van der Waals surface area contributed by atoms with E-state index in [1.165, 1.54) is 18.4 Å². The highest BCUT2D eigenvalue weighted by atomic mass is 35.5. The Morgan fingerprint density at radius 3 is 2.59 bits per heavy atom. The molecule has 0 radical (unpaired) electrons. The number of Topliss-reactive ketones (excluding diaryl/α,β-unsaturated/α-hetero) is 1. The number of nitrogens with zero attached hydrogens (tertiary/aromatic N) is 4. The van der Waals surface area contributed by atoms with Gasteiger partial charge in [0.05, 0.1) is 12.1 Å². The quantitative estimate of drug-likeness (QED) is 0.301. The average Bonchev–Trinajstić information content (AvgIpc) is 3.28. The number of ketones is 1. The van der Waals surface area contributed by atoms with Gasteiger partial charge in [0, 0.05) is 19.1 Å². The Morgan fingerprint density at radius 2 is 1.95 bits per heavy atom. The van der Waals surface area contributed by atoms with Crippen molar-refractivity contribution in [3.05, 3.63) is 68.7 Å². The summed E-state index contributed by atoms with van der Waals surface area (Å²) in [4.78, 5) is 12.8. The molecular formula is C24H21ClF4N4O3S. The van der Waals surface area contributed by atoms with E-state index in [9.17, 15) is 22.4 Å². The minimum atomic E-state index is -4.95. The van der Waals surface area contributed by atoms with E-state index in [1.807, 2.05) is 6.07 Å². The zero-order valence-electron chi connectivity index (χ0n) is 19.5. The fourth-order valence-corrected chi connectivity index (χ4v) is 5.15. The molecule has 13 heteroatoms. The van der Waals surface area contributed by atoms with Gasteiger partial charge in [-0.25, -0.2) is 4.39 Å². The van der Waals surface area contributed by atoms with Crippen molar-refractivity contribution in [2.24, 2.45) is 5.92 Å². The number of carbonyl (C=O) groups is 1. The molecule has 7 nitrogen and oxygen atoms in total. The number of ether oxygens (including phenoxy) is 2. The van der Waals surface area contributed by atoms with Gasteiger partial charge in [-0.15, -0.1) is 44.9 Å². The molecule has 1 aromatic carbocycles. The zero-order valence-corrected chi connectivity index (χ0v) is 21.0. The third-order valence-electron chi connectivity index (χ3n) is 5.79. The lowest BCUT2D eigenvalue weighted by Gasteiger charge is -2.20. The van der Waals surface area contributed by atoms with Gasteiger partial charge in [0.25, 0.3) is 0 Å². The number of rotatable bonds is 9. The van der Waals surface area contributed by atoms with Gasteiger partial charge < -0.3 is 9.47 Å². The van der Waals surface area contributed by atoms with Gasteiger partial charge in [0.1, 0.15) is 27.7 Å². The number of alkyl halides is 3. The normalized spacial score (nSPS) is 16.8. The van der Waals surface area contributed by atoms with Crippen molar-refractivity contribution < 1.29 is 31.8 Å². The van der Waals surface area contributed by atoms with Crippen LogP contribution in [0.2, 0.25) is 5.15 Å². The molecule has 1 aliphatic rings. The molecule has 0 N–H and O–H groups in total. The molecule has 3 aromatic rings. The maximum atomic E-state index is 14.3. The standard InChI is InChI=1S/C24H21ClF4N4O3S/c1-35-23(16-11-15(6-7-17(16)26)36-24(27,28)29)19(34)12-22-33-32-21(37-22)10-13-2-4-14(5-3-13)18-8-9-20(25)31-30-18/h4,6-9,11,13,23H,2-3,5,10,12H2,1H3/t13?,23-/m0/s1. The first-order chi connectivity index (χ1) is 17.6. The van der Waals surface area contributed by atoms with E-state index in [-0.39, 0.29) is 12.0 Å². The fourth-order valence-electron chi connectivity index (χ4n) is 4.08. The summed E-state index contributed by atoms with van der Waals surface area (Å²) in [6.07, 6.45) is -1.19. The molecule has 0 aliphatic heterocycles. The van der Waals surface area contributed by atoms with Gasteiger partial charge in [-0.05, 0) is 61.1 Å². The SMILES string of the molecule is CO[C@H](C(=O)Cc1nnc(CC2CC=C(c3ccc(Cl)nn3)CC2)s1)c1cc(OC(F)(F)F)ccc1F. The van der Waals surface area contributed by atoms with Gasteiger partial charge in [0.2, 0.25) is 0 Å². The van der Waals surface area contributed by atoms with Crippen molar-refractivity contribution in [1.82, 2.24) is 20.4 Å². The summed E-state index contributed by atoms with van der Waals surface area (Å²) >= 11 is 7.06. The molecule has 1 aliphatic carbocycles. The third-order valence-corrected chi connectivity index (χ3v) is 6.94. The van der Waals surface area contributed by atoms with E-state index in [1.54, 1.807) is 6.07 Å². The second-order valence-electron chi connectivity index (χ2n) is 8.39. The minimum Gasteiger partial charge on any atom is -0.406 e. The van der Waals surface area contributed by atoms with Gasteiger partial charge >= 0.3 is 6.36 Å². The summed E-state index contributed by atoms with van der Waals surface area (Å²) in [6, 6.07) is 5.97. The predicted octanol–water partition coefficient (Wildman–Crippen LogP) is 5.94. The van der Waals surface area contributed by atoms with Crippen molar-refractivity contribution in [2.75, 3.05) is 7.11 Å². The van der Waals surface area contributed by atoms with Crippen LogP contribution in [0.25, 0.3) is 5.57 Å². The summed E-state index contributed by atoms with van der Waals surface area (Å²) in [5.41, 5.74) is 1.57. The molecule has 0 bridgehead atoms. The van der Waals surface area contributed by atoms with Crippen LogP contribution in [0.15, 0.2) is 36.4 Å². The van der Waals surface area contributed by atoms with Gasteiger partial charge in [0.15, 0.2) is 10.9 Å². The van der Waals surface area contributed by atoms with Crippen molar-refractivity contribution in [3.63, 3.8) is 0 Å². The highest BCUT2D eigenvalue weighted by Gasteiger charge is 2.32. The van der Waals surface area contributed by atoms with E-state index in [0.29, 0.717) is 22.5 Å². The zero-order chi connectivity index (χ0) is 26.6. The second-order valence-corrected chi connectivity index (χ2v) is 9.93. The third kappa shape index (κ3) is 7.30. The molecule has 0 spiro atoms. The molecule has 2 atom stereocenters. The lowest BCUT2D eigenvalue weighted by molar-refractivity contribution is -0.274. The minimum absolute atomic E-state index is 0.204. The number of aromatic nitrogens is 4. The van der Waals surface area contributed by atoms with Crippen LogP contribution in [0.3, 0.4) is 0 Å². The summed E-state index contributed by atoms with van der Waals surface area (Å²) in [5, 5.41) is 17.8. The van der Waals surface area contributed by atoms with Crippen molar-refractivity contribution in [3.8, 4) is 5.75 Å². The molecule has 0 saturated carbocycles. The molecule has 2 aromatic heterocycles. The number of hydrogen-bond acceptors (Lipinski definition) is 8. The van der Waals surface area contributed by atoms with Crippen LogP contribution in [-0.2, 0) is 22.4 Å².